The summed E-state index contributed by atoms with van der Waals surface area (Å²) in [6.07, 6.45) is 5.19. The Balaban J connectivity index is 2.06. The predicted octanol–water partition coefficient (Wildman–Crippen LogP) is 3.01. The molecule has 2 unspecified atom stereocenters. The van der Waals surface area contributed by atoms with E-state index in [9.17, 15) is 5.11 Å². The third-order valence-corrected chi connectivity index (χ3v) is 5.54. The van der Waals surface area contributed by atoms with Gasteiger partial charge in [-0.25, -0.2) is 4.98 Å². The number of hydrogen-bond acceptors (Lipinski definition) is 4. The lowest BCUT2D eigenvalue weighted by Crippen LogP contribution is -2.56. The van der Waals surface area contributed by atoms with Crippen LogP contribution >= 0.6 is 11.3 Å². The summed E-state index contributed by atoms with van der Waals surface area (Å²) >= 11 is 1.66. The Labute approximate surface area is 120 Å². The lowest BCUT2D eigenvalue weighted by Gasteiger charge is -2.46. The summed E-state index contributed by atoms with van der Waals surface area (Å²) in [7, 11) is 0. The van der Waals surface area contributed by atoms with Gasteiger partial charge in [0.1, 0.15) is 0 Å². The van der Waals surface area contributed by atoms with E-state index in [1.807, 2.05) is 6.92 Å². The summed E-state index contributed by atoms with van der Waals surface area (Å²) in [5.74, 6) is 0. The molecule has 0 spiro atoms. The van der Waals surface area contributed by atoms with E-state index in [0.29, 0.717) is 6.42 Å². The van der Waals surface area contributed by atoms with E-state index in [1.165, 1.54) is 19.3 Å². The van der Waals surface area contributed by atoms with E-state index in [2.05, 4.69) is 29.1 Å². The van der Waals surface area contributed by atoms with Gasteiger partial charge < -0.3 is 5.11 Å². The number of aliphatic hydroxyl groups excluding tert-OH is 1. The number of piperidine rings is 1. The van der Waals surface area contributed by atoms with Crippen molar-refractivity contribution in [1.29, 1.82) is 0 Å². The van der Waals surface area contributed by atoms with Crippen molar-refractivity contribution in [2.45, 2.75) is 64.5 Å². The van der Waals surface area contributed by atoms with Crippen LogP contribution in [0.1, 0.15) is 50.2 Å². The number of nitrogens with zero attached hydrogens (tertiary/aromatic N) is 2. The third kappa shape index (κ3) is 3.36. The molecule has 2 atom stereocenters. The Morgan fingerprint density at radius 2 is 2.11 bits per heavy atom. The summed E-state index contributed by atoms with van der Waals surface area (Å²) < 4.78 is 0. The van der Waals surface area contributed by atoms with Crippen molar-refractivity contribution in [1.82, 2.24) is 9.88 Å². The van der Waals surface area contributed by atoms with Crippen molar-refractivity contribution in [3.8, 4) is 0 Å². The molecule has 0 aliphatic carbocycles. The van der Waals surface area contributed by atoms with Crippen molar-refractivity contribution >= 4 is 11.3 Å². The zero-order chi connectivity index (χ0) is 13.9. The minimum Gasteiger partial charge on any atom is -0.391 e. The van der Waals surface area contributed by atoms with Crippen LogP contribution in [-0.4, -0.2) is 39.7 Å². The van der Waals surface area contributed by atoms with Crippen LogP contribution in [0.2, 0.25) is 0 Å². The minimum atomic E-state index is -0.332. The zero-order valence-electron chi connectivity index (χ0n) is 12.4. The second-order valence-electron chi connectivity index (χ2n) is 5.86. The molecule has 0 saturated carbocycles. The summed E-state index contributed by atoms with van der Waals surface area (Å²) in [6.45, 7) is 8.65. The molecule has 1 aromatic heterocycles. The van der Waals surface area contributed by atoms with E-state index in [4.69, 9.17) is 0 Å². The van der Waals surface area contributed by atoms with E-state index in [0.717, 1.165) is 30.2 Å². The highest BCUT2D eigenvalue weighted by Crippen LogP contribution is 2.29. The van der Waals surface area contributed by atoms with Crippen LogP contribution in [0.25, 0.3) is 0 Å². The fourth-order valence-electron chi connectivity index (χ4n) is 2.96. The van der Waals surface area contributed by atoms with Gasteiger partial charge in [0.2, 0.25) is 0 Å². The van der Waals surface area contributed by atoms with Crippen molar-refractivity contribution < 1.29 is 5.11 Å². The van der Waals surface area contributed by atoms with Gasteiger partial charge in [0.05, 0.1) is 11.1 Å². The molecule has 1 N–H and O–H groups in total. The van der Waals surface area contributed by atoms with E-state index >= 15 is 0 Å². The fourth-order valence-corrected chi connectivity index (χ4v) is 3.77. The van der Waals surface area contributed by atoms with Crippen LogP contribution in [0.5, 0.6) is 0 Å². The monoisotopic (exact) mass is 282 g/mol. The Hall–Kier alpha value is -0.450. The van der Waals surface area contributed by atoms with E-state index in [-0.39, 0.29) is 11.6 Å². The molecular formula is C15H26N2OS. The predicted molar refractivity (Wildman–Crippen MR) is 80.7 cm³/mol. The quantitative estimate of drug-likeness (QED) is 0.902. The molecule has 0 amide bonds. The molecule has 2 heterocycles. The maximum Gasteiger partial charge on any atom is 0.0954 e. The first-order valence-corrected chi connectivity index (χ1v) is 8.28. The van der Waals surface area contributed by atoms with E-state index in [1.54, 1.807) is 11.3 Å². The first kappa shape index (κ1) is 14.9. The highest BCUT2D eigenvalue weighted by atomic mass is 32.1. The Morgan fingerprint density at radius 1 is 1.42 bits per heavy atom. The smallest absolute Gasteiger partial charge is 0.0954 e. The topological polar surface area (TPSA) is 36.4 Å². The average Bonchev–Trinajstić information content (AvgIpc) is 2.84. The van der Waals surface area contributed by atoms with Crippen LogP contribution in [0.4, 0.5) is 0 Å². The molecule has 108 valence electrons. The van der Waals surface area contributed by atoms with Crippen molar-refractivity contribution in [2.75, 3.05) is 13.1 Å². The lowest BCUT2D eigenvalue weighted by molar-refractivity contribution is -0.0328. The Morgan fingerprint density at radius 3 is 2.63 bits per heavy atom. The molecule has 0 bridgehead atoms. The molecular weight excluding hydrogens is 256 g/mol. The second kappa shape index (κ2) is 6.33. The van der Waals surface area contributed by atoms with Gasteiger partial charge in [0, 0.05) is 23.0 Å². The first-order chi connectivity index (χ1) is 9.06. The van der Waals surface area contributed by atoms with Gasteiger partial charge in [-0.05, 0) is 46.2 Å². The van der Waals surface area contributed by atoms with Gasteiger partial charge in [-0.1, -0.05) is 13.3 Å². The molecule has 19 heavy (non-hydrogen) atoms. The molecule has 0 radical (unpaired) electrons. The normalized spacial score (nSPS) is 22.1. The lowest BCUT2D eigenvalue weighted by atomic mass is 9.86. The molecule has 1 aliphatic rings. The standard InChI is InChI=1S/C15H26N2OS/c1-4-15(3,17-8-6-5-7-9-17)13(18)10-14-16-12(2)11-19-14/h11,13,18H,4-10H2,1-3H3. The summed E-state index contributed by atoms with van der Waals surface area (Å²) in [6, 6.07) is 0. The summed E-state index contributed by atoms with van der Waals surface area (Å²) in [4.78, 5) is 6.97. The number of hydrogen-bond donors (Lipinski definition) is 1. The molecule has 1 aliphatic heterocycles. The van der Waals surface area contributed by atoms with Crippen LogP contribution < -0.4 is 0 Å². The number of aliphatic hydroxyl groups is 1. The third-order valence-electron chi connectivity index (χ3n) is 4.55. The number of likely N-dealkylation sites (tertiary alicyclic amines) is 1. The van der Waals surface area contributed by atoms with E-state index < -0.39 is 0 Å². The second-order valence-corrected chi connectivity index (χ2v) is 6.80. The number of aromatic nitrogens is 1. The Bertz CT molecular complexity index is 401. The highest BCUT2D eigenvalue weighted by molar-refractivity contribution is 7.09. The van der Waals surface area contributed by atoms with Crippen LogP contribution in [0, 0.1) is 6.92 Å². The van der Waals surface area contributed by atoms with Crippen LogP contribution in [-0.2, 0) is 6.42 Å². The average molecular weight is 282 g/mol. The SMILES string of the molecule is CCC(C)(C(O)Cc1nc(C)cs1)N1CCCCC1. The van der Waals surface area contributed by atoms with Gasteiger partial charge in [-0.2, -0.15) is 0 Å². The zero-order valence-corrected chi connectivity index (χ0v) is 13.2. The first-order valence-electron chi connectivity index (χ1n) is 7.40. The molecule has 1 aromatic rings. The molecule has 0 aromatic carbocycles. The maximum atomic E-state index is 10.7. The molecule has 1 saturated heterocycles. The van der Waals surface area contributed by atoms with Gasteiger partial charge in [-0.15, -0.1) is 11.3 Å². The molecule has 3 nitrogen and oxygen atoms in total. The van der Waals surface area contributed by atoms with Crippen LogP contribution in [0.15, 0.2) is 5.38 Å². The fraction of sp³-hybridized carbons (Fsp3) is 0.800. The highest BCUT2D eigenvalue weighted by Gasteiger charge is 2.38. The van der Waals surface area contributed by atoms with Crippen molar-refractivity contribution in [3.05, 3.63) is 16.1 Å². The number of aryl methyl sites for hydroxylation is 1. The van der Waals surface area contributed by atoms with Crippen molar-refractivity contribution in [3.63, 3.8) is 0 Å². The van der Waals surface area contributed by atoms with Gasteiger partial charge in [0.15, 0.2) is 0 Å². The summed E-state index contributed by atoms with van der Waals surface area (Å²) in [5, 5.41) is 13.8. The van der Waals surface area contributed by atoms with Gasteiger partial charge >= 0.3 is 0 Å². The number of thiazole rings is 1. The number of rotatable bonds is 5. The molecule has 1 fully saturated rings. The minimum absolute atomic E-state index is 0.111. The van der Waals surface area contributed by atoms with Gasteiger partial charge in [0.25, 0.3) is 0 Å². The maximum absolute atomic E-state index is 10.7. The summed E-state index contributed by atoms with van der Waals surface area (Å²) in [5.41, 5.74) is 0.948. The molecule has 4 heteroatoms. The van der Waals surface area contributed by atoms with Gasteiger partial charge in [-0.3, -0.25) is 4.90 Å². The largest absolute Gasteiger partial charge is 0.391 e. The van der Waals surface area contributed by atoms with Crippen molar-refractivity contribution in [2.24, 2.45) is 0 Å². The molecule has 2 rings (SSSR count). The Kier molecular flexibility index (Phi) is 4.98. The van der Waals surface area contributed by atoms with Crippen LogP contribution in [0.3, 0.4) is 0 Å².